The molecule has 0 aliphatic carbocycles. The minimum atomic E-state index is 0.0126. The van der Waals surface area contributed by atoms with Gasteiger partial charge in [-0.05, 0) is 34.7 Å². The van der Waals surface area contributed by atoms with E-state index in [-0.39, 0.29) is 5.69 Å². The van der Waals surface area contributed by atoms with Crippen LogP contribution in [0.2, 0.25) is 0 Å². The number of H-pyrrole nitrogens is 1. The molecule has 2 heterocycles. The molecule has 0 aliphatic heterocycles. The first kappa shape index (κ1) is 28.5. The average molecular weight is 530 g/mol. The van der Waals surface area contributed by atoms with Gasteiger partial charge in [-0.25, -0.2) is 9.48 Å². The van der Waals surface area contributed by atoms with E-state index < -0.39 is 0 Å². The maximum absolute atomic E-state index is 13.4. The van der Waals surface area contributed by atoms with Gasteiger partial charge in [0.25, 0.3) is 0 Å². The van der Waals surface area contributed by atoms with E-state index in [1.165, 1.54) is 51.4 Å². The summed E-state index contributed by atoms with van der Waals surface area (Å²) in [5.74, 6) is 1.48. The zero-order chi connectivity index (χ0) is 27.3. The molecule has 0 saturated heterocycles. The molecular formula is C31H43N7O. The number of unbranched alkanes of at least 4 members (excludes halogenated alkanes) is 9. The third kappa shape index (κ3) is 7.97. The highest BCUT2D eigenvalue weighted by Gasteiger charge is 2.15. The topological polar surface area (TPSA) is 94.3 Å². The number of tetrazole rings is 1. The first-order chi connectivity index (χ1) is 19.2. The molecule has 2 aromatic carbocycles. The second-order valence-electron chi connectivity index (χ2n) is 10.4. The highest BCUT2D eigenvalue weighted by molar-refractivity contribution is 5.80. The summed E-state index contributed by atoms with van der Waals surface area (Å²) in [5, 5.41) is 19.4. The lowest BCUT2D eigenvalue weighted by molar-refractivity contribution is 0.510. The number of rotatable bonds is 17. The number of aromatic nitrogens is 7. The summed E-state index contributed by atoms with van der Waals surface area (Å²) in [6.45, 7) is 5.70. The van der Waals surface area contributed by atoms with Crippen LogP contribution in [0.4, 0.5) is 0 Å². The van der Waals surface area contributed by atoms with Gasteiger partial charge in [0.05, 0.1) is 6.54 Å². The second-order valence-corrected chi connectivity index (χ2v) is 10.4. The van der Waals surface area contributed by atoms with Crippen LogP contribution in [0.25, 0.3) is 22.5 Å². The van der Waals surface area contributed by atoms with Crippen molar-refractivity contribution in [3.63, 3.8) is 0 Å². The molecule has 4 rings (SSSR count). The van der Waals surface area contributed by atoms with E-state index in [0.717, 1.165) is 53.8 Å². The molecule has 0 fully saturated rings. The Bertz CT molecular complexity index is 1310. The van der Waals surface area contributed by atoms with Crippen molar-refractivity contribution in [1.29, 1.82) is 0 Å². The SMILES string of the molecule is CCCCCCCCn1nc(CCCCCCC)n(Cc2ccc(-c3ccccc3-c3nn[nH]n3)cc2)c1=O. The molecule has 208 valence electrons. The first-order valence-corrected chi connectivity index (χ1v) is 14.8. The lowest BCUT2D eigenvalue weighted by Gasteiger charge is -2.09. The summed E-state index contributed by atoms with van der Waals surface area (Å²) in [7, 11) is 0. The summed E-state index contributed by atoms with van der Waals surface area (Å²) in [5.41, 5.74) is 4.14. The lowest BCUT2D eigenvalue weighted by atomic mass is 9.98. The number of nitrogens with zero attached hydrogens (tertiary/aromatic N) is 6. The summed E-state index contributed by atoms with van der Waals surface area (Å²) in [6.07, 6.45) is 14.0. The third-order valence-corrected chi connectivity index (χ3v) is 7.35. The van der Waals surface area contributed by atoms with Gasteiger partial charge in [0.15, 0.2) is 0 Å². The maximum atomic E-state index is 13.4. The van der Waals surface area contributed by atoms with Crippen molar-refractivity contribution < 1.29 is 0 Å². The quantitative estimate of drug-likeness (QED) is 0.152. The Morgan fingerprint density at radius 1 is 0.769 bits per heavy atom. The first-order valence-electron chi connectivity index (χ1n) is 14.8. The standard InChI is InChI=1S/C31H43N7O/c1-3-5-7-9-11-15-23-38-31(39)37(29(34-38)18-12-10-8-6-4-2)24-25-19-21-26(22-20-25)27-16-13-14-17-28(27)30-32-35-36-33-30/h13-14,16-17,19-22H,3-12,15,18,23-24H2,1-2H3,(H,32,33,35,36). The van der Waals surface area contributed by atoms with E-state index >= 15 is 0 Å². The molecule has 0 spiro atoms. The Hall–Kier alpha value is -3.55. The molecule has 4 aromatic rings. The van der Waals surface area contributed by atoms with Crippen molar-refractivity contribution in [3.8, 4) is 22.5 Å². The fourth-order valence-corrected chi connectivity index (χ4v) is 5.08. The lowest BCUT2D eigenvalue weighted by Crippen LogP contribution is -2.26. The van der Waals surface area contributed by atoms with Crippen LogP contribution in [0.15, 0.2) is 53.3 Å². The van der Waals surface area contributed by atoms with Crippen LogP contribution in [0.3, 0.4) is 0 Å². The Kier molecular flexibility index (Phi) is 11.1. The highest BCUT2D eigenvalue weighted by Crippen LogP contribution is 2.29. The van der Waals surface area contributed by atoms with Crippen molar-refractivity contribution in [3.05, 3.63) is 70.4 Å². The molecule has 0 unspecified atom stereocenters. The number of hydrogen-bond acceptors (Lipinski definition) is 5. The molecular weight excluding hydrogens is 486 g/mol. The maximum Gasteiger partial charge on any atom is 0.346 e. The van der Waals surface area contributed by atoms with Crippen molar-refractivity contribution in [1.82, 2.24) is 35.0 Å². The van der Waals surface area contributed by atoms with Crippen LogP contribution in [-0.2, 0) is 19.5 Å². The molecule has 39 heavy (non-hydrogen) atoms. The predicted octanol–water partition coefficient (Wildman–Crippen LogP) is 6.81. The van der Waals surface area contributed by atoms with E-state index in [4.69, 9.17) is 5.10 Å². The zero-order valence-corrected chi connectivity index (χ0v) is 23.6. The van der Waals surface area contributed by atoms with Gasteiger partial charge in [0, 0.05) is 18.5 Å². The Labute approximate surface area is 231 Å². The average Bonchev–Trinajstić information content (AvgIpc) is 3.60. The molecule has 0 atom stereocenters. The van der Waals surface area contributed by atoms with Gasteiger partial charge in [-0.1, -0.05) is 120 Å². The molecule has 0 radical (unpaired) electrons. The van der Waals surface area contributed by atoms with Gasteiger partial charge in [-0.3, -0.25) is 4.57 Å². The van der Waals surface area contributed by atoms with E-state index in [1.54, 1.807) is 4.68 Å². The van der Waals surface area contributed by atoms with Crippen molar-refractivity contribution >= 4 is 0 Å². The van der Waals surface area contributed by atoms with E-state index in [2.05, 4.69) is 64.8 Å². The highest BCUT2D eigenvalue weighted by atomic mass is 16.2. The van der Waals surface area contributed by atoms with Crippen LogP contribution in [0, 0.1) is 0 Å². The molecule has 8 nitrogen and oxygen atoms in total. The number of aryl methyl sites for hydroxylation is 2. The zero-order valence-electron chi connectivity index (χ0n) is 23.6. The fourth-order valence-electron chi connectivity index (χ4n) is 5.08. The normalized spacial score (nSPS) is 11.3. The number of nitrogens with one attached hydrogen (secondary N) is 1. The van der Waals surface area contributed by atoms with Crippen LogP contribution in [-0.4, -0.2) is 35.0 Å². The van der Waals surface area contributed by atoms with E-state index in [9.17, 15) is 4.79 Å². The van der Waals surface area contributed by atoms with Crippen LogP contribution in [0.5, 0.6) is 0 Å². The third-order valence-electron chi connectivity index (χ3n) is 7.35. The van der Waals surface area contributed by atoms with Gasteiger partial charge >= 0.3 is 5.69 Å². The summed E-state index contributed by atoms with van der Waals surface area (Å²) < 4.78 is 3.59. The monoisotopic (exact) mass is 529 g/mol. The number of benzene rings is 2. The van der Waals surface area contributed by atoms with Gasteiger partial charge in [-0.2, -0.15) is 10.3 Å². The van der Waals surface area contributed by atoms with Crippen molar-refractivity contribution in [2.24, 2.45) is 0 Å². The summed E-state index contributed by atoms with van der Waals surface area (Å²) >= 11 is 0. The minimum absolute atomic E-state index is 0.0126. The van der Waals surface area contributed by atoms with Gasteiger partial charge in [0.2, 0.25) is 5.82 Å². The van der Waals surface area contributed by atoms with E-state index in [0.29, 0.717) is 18.9 Å². The molecule has 1 N–H and O–H groups in total. The predicted molar refractivity (Wildman–Crippen MR) is 156 cm³/mol. The molecule has 0 bridgehead atoms. The summed E-state index contributed by atoms with van der Waals surface area (Å²) in [6, 6.07) is 16.5. The fraction of sp³-hybridized carbons (Fsp3) is 0.516. The molecule has 2 aromatic heterocycles. The van der Waals surface area contributed by atoms with Crippen molar-refractivity contribution in [2.45, 2.75) is 104 Å². The van der Waals surface area contributed by atoms with Crippen LogP contribution in [0.1, 0.15) is 95.9 Å². The number of aromatic amines is 1. The van der Waals surface area contributed by atoms with Gasteiger partial charge in [0.1, 0.15) is 5.82 Å². The Balaban J connectivity index is 1.48. The minimum Gasteiger partial charge on any atom is -0.274 e. The molecule has 0 saturated carbocycles. The smallest absolute Gasteiger partial charge is 0.274 e. The largest absolute Gasteiger partial charge is 0.346 e. The van der Waals surface area contributed by atoms with Crippen LogP contribution < -0.4 is 5.69 Å². The van der Waals surface area contributed by atoms with Crippen LogP contribution >= 0.6 is 0 Å². The Morgan fingerprint density at radius 2 is 1.44 bits per heavy atom. The molecule has 0 amide bonds. The second kappa shape index (κ2) is 15.1. The molecule has 0 aliphatic rings. The van der Waals surface area contributed by atoms with Gasteiger partial charge in [-0.15, -0.1) is 10.2 Å². The van der Waals surface area contributed by atoms with Crippen molar-refractivity contribution in [2.75, 3.05) is 0 Å². The van der Waals surface area contributed by atoms with E-state index in [1.807, 2.05) is 22.8 Å². The Morgan fingerprint density at radius 3 is 2.13 bits per heavy atom. The molecule has 8 heteroatoms. The number of hydrogen-bond donors (Lipinski definition) is 1. The van der Waals surface area contributed by atoms with Gasteiger partial charge < -0.3 is 0 Å². The summed E-state index contributed by atoms with van der Waals surface area (Å²) in [4.78, 5) is 13.4.